The van der Waals surface area contributed by atoms with Crippen LogP contribution in [-0.2, 0) is 5.41 Å². The smallest absolute Gasteiger partial charge is 0.170 e. The van der Waals surface area contributed by atoms with Crippen molar-refractivity contribution in [3.05, 3.63) is 29.8 Å². The number of anilines is 1. The first-order valence-corrected chi connectivity index (χ1v) is 8.38. The van der Waals surface area contributed by atoms with Crippen molar-refractivity contribution >= 4 is 34.8 Å². The van der Waals surface area contributed by atoms with E-state index in [1.54, 1.807) is 0 Å². The van der Waals surface area contributed by atoms with Crippen molar-refractivity contribution < 1.29 is 0 Å². The maximum Gasteiger partial charge on any atom is 0.170 e. The fourth-order valence-corrected chi connectivity index (χ4v) is 2.30. The molecule has 106 valence electrons. The summed E-state index contributed by atoms with van der Waals surface area (Å²) in [6.45, 7) is 7.57. The van der Waals surface area contributed by atoms with Crippen LogP contribution in [0.5, 0.6) is 0 Å². The minimum absolute atomic E-state index is 0.190. The first-order chi connectivity index (χ1) is 8.93. The Morgan fingerprint density at radius 2 is 1.84 bits per heavy atom. The third-order valence-corrected chi connectivity index (χ3v) is 3.76. The van der Waals surface area contributed by atoms with E-state index in [1.807, 2.05) is 11.8 Å². The number of rotatable bonds is 5. The predicted molar refractivity (Wildman–Crippen MR) is 92.4 cm³/mol. The van der Waals surface area contributed by atoms with Gasteiger partial charge < -0.3 is 10.6 Å². The van der Waals surface area contributed by atoms with E-state index in [1.165, 1.54) is 5.56 Å². The lowest BCUT2D eigenvalue weighted by atomic mass is 9.87. The topological polar surface area (TPSA) is 24.1 Å². The van der Waals surface area contributed by atoms with Crippen molar-refractivity contribution in [2.24, 2.45) is 0 Å². The lowest BCUT2D eigenvalue weighted by Gasteiger charge is -2.19. The zero-order chi connectivity index (χ0) is 14.3. The van der Waals surface area contributed by atoms with Crippen LogP contribution in [0.3, 0.4) is 0 Å². The van der Waals surface area contributed by atoms with Gasteiger partial charge in [0, 0.05) is 12.2 Å². The summed E-state index contributed by atoms with van der Waals surface area (Å²) in [4.78, 5) is 0. The fourth-order valence-electron chi connectivity index (χ4n) is 1.65. The first kappa shape index (κ1) is 16.3. The molecule has 0 amide bonds. The van der Waals surface area contributed by atoms with E-state index in [2.05, 4.69) is 61.9 Å². The Bertz CT molecular complexity index is 394. The quantitative estimate of drug-likeness (QED) is 0.633. The molecule has 0 fully saturated rings. The summed E-state index contributed by atoms with van der Waals surface area (Å²) in [6, 6.07) is 8.46. The molecular weight excluding hydrogens is 272 g/mol. The Morgan fingerprint density at radius 1 is 1.21 bits per heavy atom. The third kappa shape index (κ3) is 6.30. The average molecular weight is 297 g/mol. The Kier molecular flexibility index (Phi) is 6.66. The highest BCUT2D eigenvalue weighted by Gasteiger charge is 2.12. The van der Waals surface area contributed by atoms with Gasteiger partial charge in [-0.1, -0.05) is 32.9 Å². The van der Waals surface area contributed by atoms with Crippen LogP contribution < -0.4 is 10.6 Å². The second kappa shape index (κ2) is 7.75. The van der Waals surface area contributed by atoms with E-state index in [9.17, 15) is 0 Å². The molecule has 0 aliphatic heterocycles. The van der Waals surface area contributed by atoms with Gasteiger partial charge in [-0.15, -0.1) is 0 Å². The van der Waals surface area contributed by atoms with E-state index >= 15 is 0 Å². The predicted octanol–water partition coefficient (Wildman–Crippen LogP) is 4.02. The lowest BCUT2D eigenvalue weighted by Crippen LogP contribution is -2.29. The normalized spacial score (nSPS) is 11.2. The van der Waals surface area contributed by atoms with Crippen molar-refractivity contribution in [2.45, 2.75) is 32.6 Å². The molecule has 19 heavy (non-hydrogen) atoms. The van der Waals surface area contributed by atoms with Crippen LogP contribution in [0, 0.1) is 0 Å². The van der Waals surface area contributed by atoms with Gasteiger partial charge >= 0.3 is 0 Å². The molecule has 4 heteroatoms. The number of nitrogens with one attached hydrogen (secondary N) is 2. The molecule has 2 N–H and O–H groups in total. The molecule has 0 unspecified atom stereocenters. The highest BCUT2D eigenvalue weighted by molar-refractivity contribution is 7.98. The number of thioether (sulfide) groups is 1. The minimum atomic E-state index is 0.190. The number of benzene rings is 1. The zero-order valence-corrected chi connectivity index (χ0v) is 13.9. The molecule has 0 spiro atoms. The summed E-state index contributed by atoms with van der Waals surface area (Å²) in [6.07, 6.45) is 3.25. The van der Waals surface area contributed by atoms with Crippen molar-refractivity contribution in [3.63, 3.8) is 0 Å². The van der Waals surface area contributed by atoms with Crippen LogP contribution in [0.25, 0.3) is 0 Å². The molecule has 0 saturated carbocycles. The zero-order valence-electron chi connectivity index (χ0n) is 12.2. The van der Waals surface area contributed by atoms with Gasteiger partial charge in [0.25, 0.3) is 0 Å². The molecule has 0 saturated heterocycles. The Balaban J connectivity index is 2.43. The summed E-state index contributed by atoms with van der Waals surface area (Å²) in [5.41, 5.74) is 2.56. The van der Waals surface area contributed by atoms with Gasteiger partial charge in [0.2, 0.25) is 0 Å². The highest BCUT2D eigenvalue weighted by atomic mass is 32.2. The Morgan fingerprint density at radius 3 is 2.37 bits per heavy atom. The van der Waals surface area contributed by atoms with E-state index in [4.69, 9.17) is 12.2 Å². The maximum atomic E-state index is 5.26. The van der Waals surface area contributed by atoms with Gasteiger partial charge in [0.15, 0.2) is 5.11 Å². The molecule has 0 bridgehead atoms. The number of thiocarbonyl (C=S) groups is 1. The van der Waals surface area contributed by atoms with Crippen LogP contribution >= 0.6 is 24.0 Å². The summed E-state index contributed by atoms with van der Waals surface area (Å²) in [5.74, 6) is 1.16. The Hall–Kier alpha value is -0.740. The minimum Gasteiger partial charge on any atom is -0.362 e. The lowest BCUT2D eigenvalue weighted by molar-refractivity contribution is 0.590. The molecule has 2 nitrogen and oxygen atoms in total. The van der Waals surface area contributed by atoms with Gasteiger partial charge in [-0.05, 0) is 53.8 Å². The standard InChI is InChI=1S/C15H24N2S2/c1-15(2,3)12-6-8-13(9-7-12)17-14(18)16-10-5-11-19-4/h6-9H,5,10-11H2,1-4H3,(H2,16,17,18). The monoisotopic (exact) mass is 296 g/mol. The van der Waals surface area contributed by atoms with Crippen LogP contribution in [0.4, 0.5) is 5.69 Å². The molecule has 1 aromatic rings. The number of hydrogen-bond acceptors (Lipinski definition) is 2. The molecule has 0 atom stereocenters. The number of hydrogen-bond donors (Lipinski definition) is 2. The average Bonchev–Trinajstić information content (AvgIpc) is 2.34. The van der Waals surface area contributed by atoms with Crippen molar-refractivity contribution in [1.29, 1.82) is 0 Å². The van der Waals surface area contributed by atoms with Crippen LogP contribution in [0.1, 0.15) is 32.8 Å². The van der Waals surface area contributed by atoms with Crippen molar-refractivity contribution in [2.75, 3.05) is 23.9 Å². The van der Waals surface area contributed by atoms with Gasteiger partial charge in [-0.3, -0.25) is 0 Å². The summed E-state index contributed by atoms with van der Waals surface area (Å²) in [7, 11) is 0. The van der Waals surface area contributed by atoms with Crippen molar-refractivity contribution in [1.82, 2.24) is 5.32 Å². The molecule has 0 aromatic heterocycles. The molecular formula is C15H24N2S2. The SMILES string of the molecule is CSCCCNC(=S)Nc1ccc(C(C)(C)C)cc1. The second-order valence-corrected chi connectivity index (χ2v) is 6.95. The van der Waals surface area contributed by atoms with E-state index in [0.717, 1.165) is 24.4 Å². The molecule has 0 aliphatic rings. The largest absolute Gasteiger partial charge is 0.362 e. The molecule has 1 rings (SSSR count). The maximum absolute atomic E-state index is 5.26. The summed E-state index contributed by atoms with van der Waals surface area (Å²) >= 11 is 7.12. The molecule has 0 aliphatic carbocycles. The van der Waals surface area contributed by atoms with Crippen molar-refractivity contribution in [3.8, 4) is 0 Å². The Labute approximate surface area is 126 Å². The van der Waals surface area contributed by atoms with E-state index in [-0.39, 0.29) is 5.41 Å². The van der Waals surface area contributed by atoms with Gasteiger partial charge in [0.05, 0.1) is 0 Å². The fraction of sp³-hybridized carbons (Fsp3) is 0.533. The third-order valence-electron chi connectivity index (χ3n) is 2.82. The molecule has 1 aromatic carbocycles. The van der Waals surface area contributed by atoms with E-state index in [0.29, 0.717) is 5.11 Å². The molecule has 0 radical (unpaired) electrons. The van der Waals surface area contributed by atoms with Gasteiger partial charge in [-0.2, -0.15) is 11.8 Å². The van der Waals surface area contributed by atoms with Gasteiger partial charge in [0.1, 0.15) is 0 Å². The molecule has 0 heterocycles. The second-order valence-electron chi connectivity index (χ2n) is 5.55. The van der Waals surface area contributed by atoms with Crippen LogP contribution in [0.2, 0.25) is 0 Å². The highest BCUT2D eigenvalue weighted by Crippen LogP contribution is 2.23. The van der Waals surface area contributed by atoms with E-state index < -0.39 is 0 Å². The van der Waals surface area contributed by atoms with Gasteiger partial charge in [-0.25, -0.2) is 0 Å². The first-order valence-electron chi connectivity index (χ1n) is 6.58. The van der Waals surface area contributed by atoms with Crippen LogP contribution in [0.15, 0.2) is 24.3 Å². The summed E-state index contributed by atoms with van der Waals surface area (Å²) in [5, 5.41) is 7.13. The summed E-state index contributed by atoms with van der Waals surface area (Å²) < 4.78 is 0. The van der Waals surface area contributed by atoms with Crippen LogP contribution in [-0.4, -0.2) is 23.7 Å².